The van der Waals surface area contributed by atoms with Gasteiger partial charge in [0.25, 0.3) is 0 Å². The Morgan fingerprint density at radius 1 is 1.52 bits per heavy atom. The molecule has 4 heteroatoms. The molecule has 1 aliphatic rings. The quantitative estimate of drug-likeness (QED) is 0.804. The topological polar surface area (TPSA) is 52.1 Å². The molecule has 3 rings (SSSR count). The number of aliphatic hydroxyl groups is 1. The molecule has 0 amide bonds. The van der Waals surface area contributed by atoms with E-state index in [1.165, 1.54) is 5.56 Å². The molecule has 2 heterocycles. The van der Waals surface area contributed by atoms with Gasteiger partial charge in [0, 0.05) is 19.0 Å². The third-order valence-corrected chi connectivity index (χ3v) is 4.72. The fourth-order valence-corrected chi connectivity index (χ4v) is 3.48. The molecule has 2 aromatic rings. The molecular formula is C19H27N3O. The lowest BCUT2D eigenvalue weighted by atomic mass is 9.97. The third kappa shape index (κ3) is 4.01. The first-order chi connectivity index (χ1) is 11.2. The number of nitrogens with one attached hydrogen (secondary N) is 1. The number of benzene rings is 1. The second-order valence-electron chi connectivity index (χ2n) is 6.76. The lowest BCUT2D eigenvalue weighted by Crippen LogP contribution is -2.39. The zero-order valence-electron chi connectivity index (χ0n) is 14.0. The van der Waals surface area contributed by atoms with Crippen molar-refractivity contribution in [1.29, 1.82) is 0 Å². The van der Waals surface area contributed by atoms with E-state index in [9.17, 15) is 5.11 Å². The minimum Gasteiger partial charge on any atom is -0.392 e. The van der Waals surface area contributed by atoms with Gasteiger partial charge in [0.2, 0.25) is 0 Å². The van der Waals surface area contributed by atoms with E-state index in [4.69, 9.17) is 4.98 Å². The molecule has 0 aliphatic carbocycles. The van der Waals surface area contributed by atoms with Crippen molar-refractivity contribution in [2.45, 2.75) is 44.6 Å². The molecule has 1 aromatic heterocycles. The molecule has 2 unspecified atom stereocenters. The zero-order valence-corrected chi connectivity index (χ0v) is 14.0. The number of hydrogen-bond acceptors (Lipinski definition) is 3. The molecule has 23 heavy (non-hydrogen) atoms. The summed E-state index contributed by atoms with van der Waals surface area (Å²) < 4.78 is 0. The highest BCUT2D eigenvalue weighted by Crippen LogP contribution is 2.27. The molecule has 1 aliphatic heterocycles. The van der Waals surface area contributed by atoms with Gasteiger partial charge in [0.1, 0.15) is 5.82 Å². The SMILES string of the molecule is C=CCCC(O)CN1CCCC(c2nc3ccc(C)cc3[nH]2)C1. The summed E-state index contributed by atoms with van der Waals surface area (Å²) in [5, 5.41) is 10.1. The van der Waals surface area contributed by atoms with Gasteiger partial charge in [-0.15, -0.1) is 6.58 Å². The van der Waals surface area contributed by atoms with Crippen LogP contribution < -0.4 is 0 Å². The van der Waals surface area contributed by atoms with Crippen LogP contribution in [0.3, 0.4) is 0 Å². The van der Waals surface area contributed by atoms with Crippen LogP contribution in [-0.4, -0.2) is 45.7 Å². The summed E-state index contributed by atoms with van der Waals surface area (Å²) in [6.07, 6.45) is 5.62. The van der Waals surface area contributed by atoms with Crippen LogP contribution in [-0.2, 0) is 0 Å². The highest BCUT2D eigenvalue weighted by Gasteiger charge is 2.25. The average Bonchev–Trinajstić information content (AvgIpc) is 2.96. The fraction of sp³-hybridized carbons (Fsp3) is 0.526. The summed E-state index contributed by atoms with van der Waals surface area (Å²) in [5.41, 5.74) is 3.43. The summed E-state index contributed by atoms with van der Waals surface area (Å²) in [6, 6.07) is 6.35. The van der Waals surface area contributed by atoms with Crippen molar-refractivity contribution in [3.63, 3.8) is 0 Å². The highest BCUT2D eigenvalue weighted by molar-refractivity contribution is 5.75. The largest absolute Gasteiger partial charge is 0.392 e. The van der Waals surface area contributed by atoms with Gasteiger partial charge in [-0.2, -0.15) is 0 Å². The first-order valence-electron chi connectivity index (χ1n) is 8.63. The minimum atomic E-state index is -0.259. The van der Waals surface area contributed by atoms with Crippen LogP contribution in [0.1, 0.15) is 43.0 Å². The van der Waals surface area contributed by atoms with Crippen LogP contribution in [0.4, 0.5) is 0 Å². The molecule has 124 valence electrons. The maximum Gasteiger partial charge on any atom is 0.111 e. The Kier molecular flexibility index (Phi) is 5.13. The molecule has 2 N–H and O–H groups in total. The molecule has 0 bridgehead atoms. The summed E-state index contributed by atoms with van der Waals surface area (Å²) in [4.78, 5) is 10.7. The Balaban J connectivity index is 1.66. The lowest BCUT2D eigenvalue weighted by molar-refractivity contribution is 0.0893. The molecule has 1 aromatic carbocycles. The molecule has 2 atom stereocenters. The Hall–Kier alpha value is -1.65. The van der Waals surface area contributed by atoms with Crippen LogP contribution in [0.15, 0.2) is 30.9 Å². The van der Waals surface area contributed by atoms with Crippen molar-refractivity contribution < 1.29 is 5.11 Å². The van der Waals surface area contributed by atoms with E-state index in [1.807, 2.05) is 6.08 Å². The normalized spacial score (nSPS) is 20.7. The van der Waals surface area contributed by atoms with E-state index < -0.39 is 0 Å². The van der Waals surface area contributed by atoms with Gasteiger partial charge in [-0.25, -0.2) is 4.98 Å². The lowest BCUT2D eigenvalue weighted by Gasteiger charge is -2.33. The molecule has 0 spiro atoms. The number of fused-ring (bicyclic) bond motifs is 1. The maximum absolute atomic E-state index is 10.1. The number of allylic oxidation sites excluding steroid dienone is 1. The van der Waals surface area contributed by atoms with Crippen molar-refractivity contribution >= 4 is 11.0 Å². The van der Waals surface area contributed by atoms with E-state index >= 15 is 0 Å². The molecule has 1 saturated heterocycles. The number of aliphatic hydroxyl groups excluding tert-OH is 1. The number of aromatic amines is 1. The molecule has 0 radical (unpaired) electrons. The van der Waals surface area contributed by atoms with Crippen LogP contribution >= 0.6 is 0 Å². The first kappa shape index (κ1) is 16.2. The first-order valence-corrected chi connectivity index (χ1v) is 8.63. The van der Waals surface area contributed by atoms with Crippen LogP contribution in [0.2, 0.25) is 0 Å². The third-order valence-electron chi connectivity index (χ3n) is 4.72. The second kappa shape index (κ2) is 7.28. The summed E-state index contributed by atoms with van der Waals surface area (Å²) in [6.45, 7) is 8.63. The number of aryl methyl sites for hydroxylation is 1. The van der Waals surface area contributed by atoms with Crippen LogP contribution in [0.25, 0.3) is 11.0 Å². The Labute approximate surface area is 138 Å². The molecule has 0 saturated carbocycles. The summed E-state index contributed by atoms with van der Waals surface area (Å²) in [5.74, 6) is 1.53. The van der Waals surface area contributed by atoms with E-state index in [1.54, 1.807) is 0 Å². The number of nitrogens with zero attached hydrogens (tertiary/aromatic N) is 2. The molecule has 1 fully saturated rings. The second-order valence-corrected chi connectivity index (χ2v) is 6.76. The van der Waals surface area contributed by atoms with Crippen molar-refractivity contribution in [3.8, 4) is 0 Å². The maximum atomic E-state index is 10.1. The van der Waals surface area contributed by atoms with Gasteiger partial charge >= 0.3 is 0 Å². The van der Waals surface area contributed by atoms with E-state index in [0.29, 0.717) is 5.92 Å². The smallest absolute Gasteiger partial charge is 0.111 e. The Bertz CT molecular complexity index is 664. The molecular weight excluding hydrogens is 286 g/mol. The summed E-state index contributed by atoms with van der Waals surface area (Å²) in [7, 11) is 0. The monoisotopic (exact) mass is 313 g/mol. The number of imidazole rings is 1. The van der Waals surface area contributed by atoms with Crippen molar-refractivity contribution in [2.24, 2.45) is 0 Å². The number of H-pyrrole nitrogens is 1. The van der Waals surface area contributed by atoms with Crippen molar-refractivity contribution in [2.75, 3.05) is 19.6 Å². The molecule has 4 nitrogen and oxygen atoms in total. The zero-order chi connectivity index (χ0) is 16.2. The average molecular weight is 313 g/mol. The Morgan fingerprint density at radius 3 is 3.22 bits per heavy atom. The predicted octanol–water partition coefficient (Wildman–Crippen LogP) is 3.38. The van der Waals surface area contributed by atoms with E-state index in [2.05, 4.69) is 41.6 Å². The van der Waals surface area contributed by atoms with Crippen molar-refractivity contribution in [3.05, 3.63) is 42.2 Å². The fourth-order valence-electron chi connectivity index (χ4n) is 3.48. The highest BCUT2D eigenvalue weighted by atomic mass is 16.3. The van der Waals surface area contributed by atoms with Gasteiger partial charge in [0.15, 0.2) is 0 Å². The van der Waals surface area contributed by atoms with Gasteiger partial charge in [-0.05, 0) is 56.8 Å². The number of β-amino-alcohol motifs (C(OH)–C–C–N with tert-alkyl or cyclic N) is 1. The number of aromatic nitrogens is 2. The van der Waals surface area contributed by atoms with Gasteiger partial charge in [0.05, 0.1) is 17.1 Å². The van der Waals surface area contributed by atoms with Crippen LogP contribution in [0.5, 0.6) is 0 Å². The minimum absolute atomic E-state index is 0.259. The van der Waals surface area contributed by atoms with Crippen LogP contribution in [0, 0.1) is 6.92 Å². The van der Waals surface area contributed by atoms with Gasteiger partial charge < -0.3 is 15.0 Å². The van der Waals surface area contributed by atoms with Crippen molar-refractivity contribution in [1.82, 2.24) is 14.9 Å². The van der Waals surface area contributed by atoms with E-state index in [0.717, 1.165) is 62.2 Å². The van der Waals surface area contributed by atoms with Gasteiger partial charge in [-0.1, -0.05) is 12.1 Å². The van der Waals surface area contributed by atoms with E-state index in [-0.39, 0.29) is 6.10 Å². The Morgan fingerprint density at radius 2 is 2.39 bits per heavy atom. The predicted molar refractivity (Wildman–Crippen MR) is 94.7 cm³/mol. The standard InChI is InChI=1S/C19H27N3O/c1-3-4-7-16(23)13-22-10-5-6-15(12-22)19-20-17-9-8-14(2)11-18(17)21-19/h3,8-9,11,15-16,23H,1,4-7,10,12-13H2,2H3,(H,20,21). The number of likely N-dealkylation sites (tertiary alicyclic amines) is 1. The van der Waals surface area contributed by atoms with Gasteiger partial charge in [-0.3, -0.25) is 0 Å². The number of hydrogen-bond donors (Lipinski definition) is 2. The number of rotatable bonds is 6. The number of piperidine rings is 1. The summed E-state index contributed by atoms with van der Waals surface area (Å²) >= 11 is 0.